The van der Waals surface area contributed by atoms with E-state index in [1.807, 2.05) is 62.5 Å². The summed E-state index contributed by atoms with van der Waals surface area (Å²) < 4.78 is 2.50. The van der Waals surface area contributed by atoms with Gasteiger partial charge in [0.15, 0.2) is 0 Å². The number of carbonyl (C=O) groups is 1. The average molecular weight is 385 g/mol. The van der Waals surface area contributed by atoms with Gasteiger partial charge in [0.05, 0.1) is 17.3 Å². The third-order valence-corrected chi connectivity index (χ3v) is 4.76. The van der Waals surface area contributed by atoms with Gasteiger partial charge < -0.3 is 4.90 Å². The molecule has 5 nitrogen and oxygen atoms in total. The molecule has 1 amide bonds. The zero-order valence-corrected chi connectivity index (χ0v) is 15.0. The molecule has 0 aliphatic rings. The van der Waals surface area contributed by atoms with Gasteiger partial charge in [-0.1, -0.05) is 24.3 Å². The van der Waals surface area contributed by atoms with E-state index in [0.29, 0.717) is 5.56 Å². The van der Waals surface area contributed by atoms with Crippen molar-refractivity contribution in [3.05, 3.63) is 76.8 Å². The number of hydrogen-bond acceptors (Lipinski definition) is 3. The van der Waals surface area contributed by atoms with E-state index in [9.17, 15) is 4.79 Å². The molecule has 1 heterocycles. The van der Waals surface area contributed by atoms with Gasteiger partial charge >= 0.3 is 0 Å². The Kier molecular flexibility index (Phi) is 4.76. The molecular formula is C18H17BrN4O. The van der Waals surface area contributed by atoms with Gasteiger partial charge in [-0.25, -0.2) is 9.67 Å². The van der Waals surface area contributed by atoms with E-state index in [0.717, 1.165) is 15.7 Å². The minimum absolute atomic E-state index is 0.0182. The summed E-state index contributed by atoms with van der Waals surface area (Å²) in [5, 5.41) is 4.11. The molecule has 1 aromatic heterocycles. The molecule has 0 spiro atoms. The van der Waals surface area contributed by atoms with Crippen molar-refractivity contribution >= 4 is 21.8 Å². The molecule has 3 aromatic rings. The molecule has 0 N–H and O–H groups in total. The van der Waals surface area contributed by atoms with Crippen LogP contribution in [0, 0.1) is 0 Å². The van der Waals surface area contributed by atoms with Crippen LogP contribution in [-0.4, -0.2) is 32.6 Å². The lowest BCUT2D eigenvalue weighted by Gasteiger charge is -2.26. The Morgan fingerprint density at radius 1 is 1.17 bits per heavy atom. The quantitative estimate of drug-likeness (QED) is 0.685. The standard InChI is InChI=1S/C18H17BrN4O/c1-13(22(2)18(24)16-5-3-4-6-17(16)19)14-7-9-15(10-8-14)23-12-20-11-21-23/h3-13H,1-2H3. The second kappa shape index (κ2) is 6.97. The van der Waals surface area contributed by atoms with Gasteiger partial charge in [0.1, 0.15) is 12.7 Å². The van der Waals surface area contributed by atoms with Gasteiger partial charge in [0.25, 0.3) is 5.91 Å². The number of carbonyl (C=O) groups excluding carboxylic acids is 1. The van der Waals surface area contributed by atoms with Crippen molar-refractivity contribution in [2.75, 3.05) is 7.05 Å². The van der Waals surface area contributed by atoms with Crippen LogP contribution >= 0.6 is 15.9 Å². The van der Waals surface area contributed by atoms with Crippen LogP contribution in [-0.2, 0) is 0 Å². The van der Waals surface area contributed by atoms with Crippen LogP contribution in [0.3, 0.4) is 0 Å². The Hall–Kier alpha value is -2.47. The highest BCUT2D eigenvalue weighted by Crippen LogP contribution is 2.24. The van der Waals surface area contributed by atoms with Gasteiger partial charge in [-0.05, 0) is 52.7 Å². The number of amides is 1. The summed E-state index contributed by atoms with van der Waals surface area (Å²) in [6.45, 7) is 2.01. The Morgan fingerprint density at radius 2 is 1.88 bits per heavy atom. The summed E-state index contributed by atoms with van der Waals surface area (Å²) >= 11 is 3.44. The lowest BCUT2D eigenvalue weighted by Crippen LogP contribution is -2.29. The van der Waals surface area contributed by atoms with Gasteiger partial charge in [-0.15, -0.1) is 0 Å². The van der Waals surface area contributed by atoms with Crippen molar-refractivity contribution in [2.45, 2.75) is 13.0 Å². The molecule has 3 rings (SSSR count). The molecule has 122 valence electrons. The van der Waals surface area contributed by atoms with Crippen LogP contribution in [0.1, 0.15) is 28.9 Å². The van der Waals surface area contributed by atoms with E-state index in [1.54, 1.807) is 15.9 Å². The number of rotatable bonds is 4. The Balaban J connectivity index is 1.79. The minimum Gasteiger partial charge on any atom is -0.335 e. The van der Waals surface area contributed by atoms with E-state index >= 15 is 0 Å². The number of halogens is 1. The SMILES string of the molecule is CC(c1ccc(-n2cncn2)cc1)N(C)C(=O)c1ccccc1Br. The average Bonchev–Trinajstić information content (AvgIpc) is 3.15. The van der Waals surface area contributed by atoms with E-state index in [-0.39, 0.29) is 11.9 Å². The molecule has 2 aromatic carbocycles. The molecule has 0 radical (unpaired) electrons. The molecule has 1 unspecified atom stereocenters. The topological polar surface area (TPSA) is 51.0 Å². The first-order valence-electron chi connectivity index (χ1n) is 7.54. The molecule has 0 bridgehead atoms. The number of hydrogen-bond donors (Lipinski definition) is 0. The summed E-state index contributed by atoms with van der Waals surface area (Å²) in [4.78, 5) is 18.4. The van der Waals surface area contributed by atoms with Crippen molar-refractivity contribution in [3.8, 4) is 5.69 Å². The van der Waals surface area contributed by atoms with Gasteiger partial charge in [0.2, 0.25) is 0 Å². The summed E-state index contributed by atoms with van der Waals surface area (Å²) in [6, 6.07) is 15.4. The third-order valence-electron chi connectivity index (χ3n) is 4.06. The van der Waals surface area contributed by atoms with Crippen LogP contribution in [0.25, 0.3) is 5.69 Å². The van der Waals surface area contributed by atoms with Crippen molar-refractivity contribution in [1.82, 2.24) is 19.7 Å². The second-order valence-corrected chi connectivity index (χ2v) is 6.36. The highest BCUT2D eigenvalue weighted by atomic mass is 79.9. The minimum atomic E-state index is -0.0468. The Morgan fingerprint density at radius 3 is 2.50 bits per heavy atom. The number of benzene rings is 2. The van der Waals surface area contributed by atoms with Crippen LogP contribution in [0.5, 0.6) is 0 Å². The largest absolute Gasteiger partial charge is 0.335 e. The first-order valence-corrected chi connectivity index (χ1v) is 8.34. The highest BCUT2D eigenvalue weighted by Gasteiger charge is 2.20. The first-order chi connectivity index (χ1) is 11.6. The van der Waals surface area contributed by atoms with Crippen LogP contribution in [0.4, 0.5) is 0 Å². The van der Waals surface area contributed by atoms with Crippen molar-refractivity contribution in [1.29, 1.82) is 0 Å². The molecule has 0 aliphatic heterocycles. The molecule has 24 heavy (non-hydrogen) atoms. The summed E-state index contributed by atoms with van der Waals surface area (Å²) in [6.07, 6.45) is 3.15. The fourth-order valence-electron chi connectivity index (χ4n) is 2.47. The van der Waals surface area contributed by atoms with Crippen molar-refractivity contribution in [2.24, 2.45) is 0 Å². The van der Waals surface area contributed by atoms with Crippen LogP contribution in [0.15, 0.2) is 65.7 Å². The van der Waals surface area contributed by atoms with Crippen molar-refractivity contribution < 1.29 is 4.79 Å². The summed E-state index contributed by atoms with van der Waals surface area (Å²) in [7, 11) is 1.82. The Labute approximate surface area is 149 Å². The van der Waals surface area contributed by atoms with Crippen molar-refractivity contribution in [3.63, 3.8) is 0 Å². The highest BCUT2D eigenvalue weighted by molar-refractivity contribution is 9.10. The van der Waals surface area contributed by atoms with E-state index in [4.69, 9.17) is 0 Å². The molecule has 0 saturated carbocycles. The Bertz CT molecular complexity index is 830. The molecular weight excluding hydrogens is 368 g/mol. The maximum absolute atomic E-state index is 12.7. The lowest BCUT2D eigenvalue weighted by molar-refractivity contribution is 0.0741. The maximum atomic E-state index is 12.7. The molecule has 0 aliphatic carbocycles. The molecule has 0 saturated heterocycles. The summed E-state index contributed by atoms with van der Waals surface area (Å²) in [5.74, 6) is -0.0182. The van der Waals surface area contributed by atoms with E-state index in [2.05, 4.69) is 26.0 Å². The predicted octanol–water partition coefficient (Wildman–Crippen LogP) is 3.86. The monoisotopic (exact) mass is 384 g/mol. The number of nitrogens with zero attached hydrogens (tertiary/aromatic N) is 4. The maximum Gasteiger partial charge on any atom is 0.255 e. The van der Waals surface area contributed by atoms with E-state index in [1.165, 1.54) is 6.33 Å². The van der Waals surface area contributed by atoms with E-state index < -0.39 is 0 Å². The lowest BCUT2D eigenvalue weighted by atomic mass is 10.1. The normalized spacial score (nSPS) is 12.0. The van der Waals surface area contributed by atoms with Gasteiger partial charge in [-0.2, -0.15) is 5.10 Å². The summed E-state index contributed by atoms with van der Waals surface area (Å²) in [5.41, 5.74) is 2.65. The molecule has 6 heteroatoms. The fourth-order valence-corrected chi connectivity index (χ4v) is 2.93. The predicted molar refractivity (Wildman–Crippen MR) is 96.0 cm³/mol. The first kappa shape index (κ1) is 16.4. The zero-order valence-electron chi connectivity index (χ0n) is 13.4. The number of aromatic nitrogens is 3. The van der Waals surface area contributed by atoms with Gasteiger partial charge in [-0.3, -0.25) is 4.79 Å². The second-order valence-electron chi connectivity index (χ2n) is 5.50. The van der Waals surface area contributed by atoms with Crippen LogP contribution < -0.4 is 0 Å². The fraction of sp³-hybridized carbons (Fsp3) is 0.167. The smallest absolute Gasteiger partial charge is 0.255 e. The third kappa shape index (κ3) is 3.23. The molecule has 1 atom stereocenters. The van der Waals surface area contributed by atoms with Crippen LogP contribution in [0.2, 0.25) is 0 Å². The molecule has 0 fully saturated rings. The van der Waals surface area contributed by atoms with Gasteiger partial charge in [0, 0.05) is 11.5 Å². The zero-order chi connectivity index (χ0) is 17.1.